The lowest BCUT2D eigenvalue weighted by Crippen LogP contribution is -2.30. The van der Waals surface area contributed by atoms with Gasteiger partial charge >= 0.3 is 11.9 Å². The van der Waals surface area contributed by atoms with Gasteiger partial charge in [-0.05, 0) is 48.2 Å². The fourth-order valence-electron chi connectivity index (χ4n) is 4.37. The lowest BCUT2D eigenvalue weighted by atomic mass is 10.0. The number of carbonyl (C=O) groups excluding carboxylic acids is 2. The number of carboxylic acids is 1. The number of fused-ring (bicyclic) bond motifs is 1. The van der Waals surface area contributed by atoms with Gasteiger partial charge in [-0.25, -0.2) is 9.37 Å². The predicted octanol–water partition coefficient (Wildman–Crippen LogP) is 5.18. The molecule has 2 aromatic heterocycles. The fourth-order valence-corrected chi connectivity index (χ4v) is 4.37. The summed E-state index contributed by atoms with van der Waals surface area (Å²) in [6.45, 7) is 6.05. The zero-order chi connectivity index (χ0) is 28.8. The highest BCUT2D eigenvalue weighted by molar-refractivity contribution is 6.01. The van der Waals surface area contributed by atoms with Gasteiger partial charge in [0.1, 0.15) is 23.9 Å². The Morgan fingerprint density at radius 1 is 1.02 bits per heavy atom. The van der Waals surface area contributed by atoms with Gasteiger partial charge in [0.25, 0.3) is 5.91 Å². The number of pyridine rings is 1. The molecule has 1 unspecified atom stereocenters. The van der Waals surface area contributed by atoms with E-state index in [9.17, 15) is 23.9 Å². The van der Waals surface area contributed by atoms with E-state index >= 15 is 0 Å². The van der Waals surface area contributed by atoms with E-state index in [2.05, 4.69) is 24.5 Å². The van der Waals surface area contributed by atoms with Crippen molar-refractivity contribution < 1.29 is 28.6 Å². The Morgan fingerprint density at radius 3 is 2.33 bits per heavy atom. The molecule has 0 aliphatic carbocycles. The van der Waals surface area contributed by atoms with Gasteiger partial charge in [-0.1, -0.05) is 50.2 Å². The molecule has 0 bridgehead atoms. The zero-order valence-electron chi connectivity index (χ0n) is 22.5. The number of esters is 1. The number of hydrogen-bond donors (Lipinski definition) is 3. The number of ether oxygens (including phenoxy) is 1. The molecule has 208 valence electrons. The number of aliphatic carboxylic acids is 1. The Kier molecular flexibility index (Phi) is 8.78. The molecular formula is C30H31FN4O5. The smallest absolute Gasteiger partial charge is 0.325 e. The number of aromatic nitrogens is 2. The van der Waals surface area contributed by atoms with Crippen LogP contribution in [-0.2, 0) is 14.3 Å². The van der Waals surface area contributed by atoms with Crippen LogP contribution in [0.1, 0.15) is 60.6 Å². The highest BCUT2D eigenvalue weighted by Gasteiger charge is 2.24. The number of nitrogens with zero attached hydrogens (tertiary/aromatic N) is 2. The van der Waals surface area contributed by atoms with Crippen molar-refractivity contribution in [3.63, 3.8) is 0 Å². The normalized spacial score (nSPS) is 11.8. The number of rotatable bonds is 11. The molecule has 0 aliphatic rings. The van der Waals surface area contributed by atoms with Crippen LogP contribution in [0.3, 0.4) is 0 Å². The molecule has 1 amide bonds. The number of nitrogens with one attached hydrogen (secondary N) is 2. The number of carboxylic acid groups (broad SMARTS) is 1. The van der Waals surface area contributed by atoms with E-state index < -0.39 is 36.1 Å². The number of hydrogen-bond acceptors (Lipinski definition) is 6. The molecule has 1 atom stereocenters. The summed E-state index contributed by atoms with van der Waals surface area (Å²) in [6.07, 6.45) is 1.32. The second kappa shape index (κ2) is 12.4. The van der Waals surface area contributed by atoms with Crippen LogP contribution in [-0.4, -0.2) is 45.5 Å². The van der Waals surface area contributed by atoms with Gasteiger partial charge in [0.2, 0.25) is 0 Å². The van der Waals surface area contributed by atoms with Gasteiger partial charge in [-0.3, -0.25) is 18.8 Å². The van der Waals surface area contributed by atoms with Crippen molar-refractivity contribution in [2.75, 3.05) is 18.5 Å². The first-order valence-electron chi connectivity index (χ1n) is 13.0. The summed E-state index contributed by atoms with van der Waals surface area (Å²) >= 11 is 0. The average Bonchev–Trinajstić information content (AvgIpc) is 3.30. The quantitative estimate of drug-likeness (QED) is 0.222. The van der Waals surface area contributed by atoms with E-state index in [-0.39, 0.29) is 18.7 Å². The largest absolute Gasteiger partial charge is 0.481 e. The number of amides is 1. The summed E-state index contributed by atoms with van der Waals surface area (Å²) < 4.78 is 20.2. The first kappa shape index (κ1) is 28.3. The van der Waals surface area contributed by atoms with Crippen LogP contribution < -0.4 is 10.6 Å². The van der Waals surface area contributed by atoms with Crippen molar-refractivity contribution in [3.05, 3.63) is 89.4 Å². The maximum absolute atomic E-state index is 13.5. The molecule has 4 rings (SSSR count). The molecule has 40 heavy (non-hydrogen) atoms. The van der Waals surface area contributed by atoms with Gasteiger partial charge in [-0.2, -0.15) is 0 Å². The summed E-state index contributed by atoms with van der Waals surface area (Å²) in [5, 5.41) is 15.3. The Balaban J connectivity index is 1.75. The Morgan fingerprint density at radius 2 is 1.70 bits per heavy atom. The molecule has 2 aromatic carbocycles. The van der Waals surface area contributed by atoms with Crippen molar-refractivity contribution in [1.29, 1.82) is 0 Å². The van der Waals surface area contributed by atoms with E-state index in [1.165, 1.54) is 24.3 Å². The van der Waals surface area contributed by atoms with Crippen LogP contribution in [0, 0.1) is 5.82 Å². The second-order valence-corrected chi connectivity index (χ2v) is 9.54. The molecule has 3 N–H and O–H groups in total. The zero-order valence-corrected chi connectivity index (χ0v) is 22.5. The molecule has 0 fully saturated rings. The van der Waals surface area contributed by atoms with Crippen LogP contribution in [0.25, 0.3) is 16.9 Å². The maximum Gasteiger partial charge on any atom is 0.325 e. The lowest BCUT2D eigenvalue weighted by molar-refractivity contribution is -0.141. The van der Waals surface area contributed by atoms with Crippen molar-refractivity contribution in [1.82, 2.24) is 14.7 Å². The SMILES string of the molecule is CCOC(=O)CNc1c(-c2ccc(C(C)C)cc2)nc2c(C(=O)NC(CC(=O)O)c3ccc(F)cc3)cccn12. The van der Waals surface area contributed by atoms with Gasteiger partial charge < -0.3 is 20.5 Å². The molecule has 0 saturated carbocycles. The van der Waals surface area contributed by atoms with E-state index in [1.54, 1.807) is 29.7 Å². The van der Waals surface area contributed by atoms with Crippen LogP contribution in [0.4, 0.5) is 10.2 Å². The molecule has 0 aliphatic heterocycles. The first-order valence-corrected chi connectivity index (χ1v) is 13.0. The Labute approximate surface area is 231 Å². The van der Waals surface area contributed by atoms with E-state index in [0.717, 1.165) is 11.1 Å². The summed E-state index contributed by atoms with van der Waals surface area (Å²) in [6, 6.07) is 15.5. The molecule has 4 aromatic rings. The Hall–Kier alpha value is -4.73. The van der Waals surface area contributed by atoms with Gasteiger partial charge in [0.15, 0.2) is 5.65 Å². The fraction of sp³-hybridized carbons (Fsp3) is 0.267. The molecular weight excluding hydrogens is 515 g/mol. The highest BCUT2D eigenvalue weighted by atomic mass is 19.1. The van der Waals surface area contributed by atoms with Crippen LogP contribution in [0.15, 0.2) is 66.9 Å². The minimum absolute atomic E-state index is 0.111. The lowest BCUT2D eigenvalue weighted by Gasteiger charge is -2.18. The van der Waals surface area contributed by atoms with Crippen LogP contribution in [0.5, 0.6) is 0 Å². The molecule has 0 spiro atoms. The number of benzene rings is 2. The molecule has 0 saturated heterocycles. The summed E-state index contributed by atoms with van der Waals surface area (Å²) in [4.78, 5) is 41.9. The monoisotopic (exact) mass is 546 g/mol. The standard InChI is InChI=1S/C30H31FN4O5/c1-4-40-26(38)17-32-29-27(21-9-7-19(8-10-21)18(2)3)34-28-23(6-5-15-35(28)29)30(39)33-24(16-25(36)37)20-11-13-22(31)14-12-20/h5-15,18,24,32H,4,16-17H2,1-3H3,(H,33,39)(H,36,37). The third-order valence-corrected chi connectivity index (χ3v) is 6.41. The highest BCUT2D eigenvalue weighted by Crippen LogP contribution is 2.31. The van der Waals surface area contributed by atoms with Crippen molar-refractivity contribution in [2.45, 2.75) is 39.2 Å². The summed E-state index contributed by atoms with van der Waals surface area (Å²) in [5.41, 5.74) is 3.42. The summed E-state index contributed by atoms with van der Waals surface area (Å²) in [5.74, 6) is -1.75. The van der Waals surface area contributed by atoms with Crippen LogP contribution >= 0.6 is 0 Å². The summed E-state index contributed by atoms with van der Waals surface area (Å²) in [7, 11) is 0. The number of halogens is 1. The molecule has 2 heterocycles. The Bertz CT molecular complexity index is 1510. The van der Waals surface area contributed by atoms with E-state index in [4.69, 9.17) is 9.72 Å². The van der Waals surface area contributed by atoms with Crippen molar-refractivity contribution >= 4 is 29.3 Å². The maximum atomic E-state index is 13.5. The van der Waals surface area contributed by atoms with Crippen LogP contribution in [0.2, 0.25) is 0 Å². The minimum Gasteiger partial charge on any atom is -0.481 e. The number of imidazole rings is 1. The predicted molar refractivity (Wildman–Crippen MR) is 149 cm³/mol. The van der Waals surface area contributed by atoms with Gasteiger partial charge in [-0.15, -0.1) is 0 Å². The van der Waals surface area contributed by atoms with Crippen molar-refractivity contribution in [2.24, 2.45) is 0 Å². The van der Waals surface area contributed by atoms with E-state index in [0.29, 0.717) is 28.6 Å². The average molecular weight is 547 g/mol. The minimum atomic E-state index is -1.12. The first-order chi connectivity index (χ1) is 19.2. The molecule has 0 radical (unpaired) electrons. The second-order valence-electron chi connectivity index (χ2n) is 9.54. The topological polar surface area (TPSA) is 122 Å². The van der Waals surface area contributed by atoms with Gasteiger partial charge in [0.05, 0.1) is 24.6 Å². The molecule has 10 heteroatoms. The number of carbonyl (C=O) groups is 3. The number of anilines is 1. The van der Waals surface area contributed by atoms with E-state index in [1.807, 2.05) is 24.3 Å². The van der Waals surface area contributed by atoms with Gasteiger partial charge in [0, 0.05) is 11.8 Å². The molecule has 9 nitrogen and oxygen atoms in total. The third-order valence-electron chi connectivity index (χ3n) is 6.41. The third kappa shape index (κ3) is 6.45. The van der Waals surface area contributed by atoms with Crippen molar-refractivity contribution in [3.8, 4) is 11.3 Å².